The normalized spacial score (nSPS) is 10.3. The van der Waals surface area contributed by atoms with Gasteiger partial charge in [-0.05, 0) is 46.3 Å². The number of nitriles is 1. The van der Waals surface area contributed by atoms with Crippen LogP contribution in [0.1, 0.15) is 5.56 Å². The van der Waals surface area contributed by atoms with Crippen molar-refractivity contribution >= 4 is 27.7 Å². The van der Waals surface area contributed by atoms with E-state index in [1.165, 1.54) is 12.1 Å². The van der Waals surface area contributed by atoms with Crippen LogP contribution in [0.25, 0.3) is 0 Å². The third-order valence-corrected chi connectivity index (χ3v) is 4.12. The SMILES string of the molecule is N#Cc1ccc(Sc2cc(F)ccc2F)c(F)c1Br. The largest absolute Gasteiger partial charge is 0.207 e. The summed E-state index contributed by atoms with van der Waals surface area (Å²) in [5, 5.41) is 8.74. The van der Waals surface area contributed by atoms with Gasteiger partial charge in [0.05, 0.1) is 14.9 Å². The van der Waals surface area contributed by atoms with Crippen LogP contribution in [-0.4, -0.2) is 0 Å². The molecular formula is C13H5BrF3NS. The molecule has 0 radical (unpaired) electrons. The third-order valence-electron chi connectivity index (χ3n) is 2.28. The van der Waals surface area contributed by atoms with Crippen molar-refractivity contribution in [2.75, 3.05) is 0 Å². The van der Waals surface area contributed by atoms with Gasteiger partial charge in [0.2, 0.25) is 0 Å². The van der Waals surface area contributed by atoms with Crippen LogP contribution in [0.5, 0.6) is 0 Å². The molecule has 1 nitrogen and oxygen atoms in total. The molecule has 2 aromatic rings. The second kappa shape index (κ2) is 5.68. The molecule has 6 heteroatoms. The zero-order chi connectivity index (χ0) is 14.0. The number of hydrogen-bond acceptors (Lipinski definition) is 2. The van der Waals surface area contributed by atoms with Crippen molar-refractivity contribution in [1.29, 1.82) is 5.26 Å². The molecule has 0 spiro atoms. The first-order chi connectivity index (χ1) is 9.02. The Hall–Kier alpha value is -1.45. The highest BCUT2D eigenvalue weighted by Crippen LogP contribution is 2.35. The number of hydrogen-bond donors (Lipinski definition) is 0. The molecular weight excluding hydrogens is 339 g/mol. The first kappa shape index (κ1) is 14.0. The van der Waals surface area contributed by atoms with E-state index in [-0.39, 0.29) is 19.8 Å². The van der Waals surface area contributed by atoms with Gasteiger partial charge < -0.3 is 0 Å². The molecule has 0 heterocycles. The van der Waals surface area contributed by atoms with Crippen LogP contribution in [0.4, 0.5) is 13.2 Å². The summed E-state index contributed by atoms with van der Waals surface area (Å²) in [5.74, 6) is -1.91. The quantitative estimate of drug-likeness (QED) is 0.775. The standard InChI is InChI=1S/C13H5BrF3NS/c14-12-7(6-18)1-4-10(13(12)17)19-11-5-8(15)2-3-9(11)16/h1-5H. The summed E-state index contributed by atoms with van der Waals surface area (Å²) < 4.78 is 40.4. The smallest absolute Gasteiger partial charge is 0.152 e. The predicted octanol–water partition coefficient (Wildman–Crippen LogP) is 4.89. The Morgan fingerprint density at radius 2 is 1.79 bits per heavy atom. The Labute approximate surface area is 120 Å². The fraction of sp³-hybridized carbons (Fsp3) is 0. The van der Waals surface area contributed by atoms with Gasteiger partial charge in [-0.1, -0.05) is 11.8 Å². The molecule has 0 amide bonds. The van der Waals surface area contributed by atoms with Gasteiger partial charge >= 0.3 is 0 Å². The average molecular weight is 344 g/mol. The van der Waals surface area contributed by atoms with Crippen LogP contribution in [-0.2, 0) is 0 Å². The van der Waals surface area contributed by atoms with Gasteiger partial charge in [-0.15, -0.1) is 0 Å². The maximum atomic E-state index is 13.9. The van der Waals surface area contributed by atoms with E-state index >= 15 is 0 Å². The van der Waals surface area contributed by atoms with Gasteiger partial charge in [-0.2, -0.15) is 5.26 Å². The molecule has 2 aromatic carbocycles. The van der Waals surface area contributed by atoms with Crippen LogP contribution in [0.3, 0.4) is 0 Å². The Kier molecular flexibility index (Phi) is 4.17. The second-order valence-electron chi connectivity index (χ2n) is 3.53. The maximum Gasteiger partial charge on any atom is 0.152 e. The van der Waals surface area contributed by atoms with Gasteiger partial charge in [-0.3, -0.25) is 0 Å². The van der Waals surface area contributed by atoms with Crippen molar-refractivity contribution in [3.8, 4) is 6.07 Å². The summed E-state index contributed by atoms with van der Waals surface area (Å²) in [5.41, 5.74) is 0.140. The Balaban J connectivity index is 2.42. The highest BCUT2D eigenvalue weighted by atomic mass is 79.9. The van der Waals surface area contributed by atoms with Gasteiger partial charge in [-0.25, -0.2) is 13.2 Å². The first-order valence-corrected chi connectivity index (χ1v) is 6.65. The van der Waals surface area contributed by atoms with Gasteiger partial charge in [0.25, 0.3) is 0 Å². The highest BCUT2D eigenvalue weighted by molar-refractivity contribution is 9.10. The van der Waals surface area contributed by atoms with E-state index in [0.29, 0.717) is 0 Å². The molecule has 0 atom stereocenters. The molecule has 19 heavy (non-hydrogen) atoms. The Morgan fingerprint density at radius 1 is 1.05 bits per heavy atom. The third kappa shape index (κ3) is 2.94. The number of halogens is 4. The van der Waals surface area contributed by atoms with Crippen molar-refractivity contribution in [2.24, 2.45) is 0 Å². The van der Waals surface area contributed by atoms with Gasteiger partial charge in [0.1, 0.15) is 17.7 Å². The van der Waals surface area contributed by atoms with Crippen LogP contribution in [0.15, 0.2) is 44.6 Å². The van der Waals surface area contributed by atoms with Crippen LogP contribution < -0.4 is 0 Å². The highest BCUT2D eigenvalue weighted by Gasteiger charge is 2.14. The number of benzene rings is 2. The molecule has 0 unspecified atom stereocenters. The number of rotatable bonds is 2. The Morgan fingerprint density at radius 3 is 2.47 bits per heavy atom. The van der Waals surface area contributed by atoms with Crippen molar-refractivity contribution in [3.63, 3.8) is 0 Å². The minimum atomic E-state index is -0.673. The summed E-state index contributed by atoms with van der Waals surface area (Å²) >= 11 is 3.72. The van der Waals surface area contributed by atoms with E-state index in [1.54, 1.807) is 0 Å². The summed E-state index contributed by atoms with van der Waals surface area (Å²) in [6.45, 7) is 0. The molecule has 0 saturated carbocycles. The zero-order valence-electron chi connectivity index (χ0n) is 9.25. The van der Waals surface area contributed by atoms with E-state index in [9.17, 15) is 13.2 Å². The molecule has 0 fully saturated rings. The molecule has 0 saturated heterocycles. The van der Waals surface area contributed by atoms with Crippen molar-refractivity contribution in [2.45, 2.75) is 9.79 Å². The molecule has 96 valence electrons. The average Bonchev–Trinajstić information content (AvgIpc) is 2.39. The lowest BCUT2D eigenvalue weighted by atomic mass is 10.2. The number of nitrogens with zero attached hydrogens (tertiary/aromatic N) is 1. The minimum absolute atomic E-state index is 0.0109. The summed E-state index contributed by atoms with van der Waals surface area (Å²) in [6, 6.07) is 7.54. The molecule has 0 aliphatic carbocycles. The molecule has 0 aromatic heterocycles. The van der Waals surface area contributed by atoms with Crippen molar-refractivity contribution in [1.82, 2.24) is 0 Å². The van der Waals surface area contributed by atoms with Crippen LogP contribution in [0.2, 0.25) is 0 Å². The molecule has 0 N–H and O–H groups in total. The summed E-state index contributed by atoms with van der Waals surface area (Å²) in [7, 11) is 0. The summed E-state index contributed by atoms with van der Waals surface area (Å²) in [6.07, 6.45) is 0. The minimum Gasteiger partial charge on any atom is -0.207 e. The van der Waals surface area contributed by atoms with Gasteiger partial charge in [0, 0.05) is 4.90 Å². The van der Waals surface area contributed by atoms with E-state index in [0.717, 1.165) is 30.0 Å². The fourth-order valence-electron chi connectivity index (χ4n) is 1.37. The lowest BCUT2D eigenvalue weighted by Gasteiger charge is -2.06. The molecule has 2 rings (SSSR count). The molecule has 0 aliphatic heterocycles. The fourth-order valence-corrected chi connectivity index (χ4v) is 2.84. The summed E-state index contributed by atoms with van der Waals surface area (Å²) in [4.78, 5) is 0.0888. The maximum absolute atomic E-state index is 13.9. The van der Waals surface area contributed by atoms with E-state index < -0.39 is 17.5 Å². The van der Waals surface area contributed by atoms with Crippen molar-refractivity contribution in [3.05, 3.63) is 57.8 Å². The van der Waals surface area contributed by atoms with E-state index in [2.05, 4.69) is 15.9 Å². The first-order valence-electron chi connectivity index (χ1n) is 5.04. The van der Waals surface area contributed by atoms with Gasteiger partial charge in [0.15, 0.2) is 5.82 Å². The van der Waals surface area contributed by atoms with E-state index in [4.69, 9.17) is 5.26 Å². The monoisotopic (exact) mass is 343 g/mol. The van der Waals surface area contributed by atoms with E-state index in [1.807, 2.05) is 6.07 Å². The van der Waals surface area contributed by atoms with Crippen molar-refractivity contribution < 1.29 is 13.2 Å². The predicted molar refractivity (Wildman–Crippen MR) is 69.3 cm³/mol. The van der Waals surface area contributed by atoms with Crippen LogP contribution in [0, 0.1) is 28.8 Å². The Bertz CT molecular complexity index is 682. The lowest BCUT2D eigenvalue weighted by molar-refractivity contribution is 0.575. The topological polar surface area (TPSA) is 23.8 Å². The lowest BCUT2D eigenvalue weighted by Crippen LogP contribution is -1.89. The zero-order valence-corrected chi connectivity index (χ0v) is 11.7. The van der Waals surface area contributed by atoms with Crippen LogP contribution >= 0.6 is 27.7 Å². The molecule has 0 aliphatic rings. The second-order valence-corrected chi connectivity index (χ2v) is 5.40. The molecule has 0 bridgehead atoms.